The monoisotopic (exact) mass is 203 g/mol. The van der Waals surface area contributed by atoms with E-state index in [-0.39, 0.29) is 18.6 Å². The maximum atomic E-state index is 12.0. The predicted octanol–water partition coefficient (Wildman–Crippen LogP) is 1.23. The molecule has 0 spiro atoms. The van der Waals surface area contributed by atoms with E-state index in [2.05, 4.69) is 4.90 Å². The van der Waals surface area contributed by atoms with Gasteiger partial charge >= 0.3 is 5.97 Å². The molecule has 0 N–H and O–H groups in total. The van der Waals surface area contributed by atoms with Gasteiger partial charge in [-0.15, -0.1) is 0 Å². The van der Waals surface area contributed by atoms with Gasteiger partial charge in [0.15, 0.2) is 0 Å². The van der Waals surface area contributed by atoms with Crippen molar-refractivity contribution < 1.29 is 13.9 Å². The van der Waals surface area contributed by atoms with Crippen LogP contribution in [0.25, 0.3) is 0 Å². The summed E-state index contributed by atoms with van der Waals surface area (Å²) < 4.78 is 16.7. The molecule has 0 bridgehead atoms. The first-order valence-corrected chi connectivity index (χ1v) is 5.14. The van der Waals surface area contributed by atoms with E-state index in [0.29, 0.717) is 6.42 Å². The summed E-state index contributed by atoms with van der Waals surface area (Å²) in [5, 5.41) is 0. The predicted molar refractivity (Wildman–Crippen MR) is 51.8 cm³/mol. The zero-order valence-electron chi connectivity index (χ0n) is 8.67. The average molecular weight is 203 g/mol. The minimum absolute atomic E-state index is 0.00615. The Morgan fingerprint density at radius 3 is 3.07 bits per heavy atom. The molecule has 0 saturated carbocycles. The van der Waals surface area contributed by atoms with E-state index < -0.39 is 0 Å². The third kappa shape index (κ3) is 3.25. The van der Waals surface area contributed by atoms with E-state index in [1.807, 2.05) is 0 Å². The SMILES string of the molecule is COC(=O)[C@H]1CCCN(CCCF)C1. The van der Waals surface area contributed by atoms with Gasteiger partial charge in [-0.05, 0) is 25.8 Å². The summed E-state index contributed by atoms with van der Waals surface area (Å²) in [5.74, 6) is -0.136. The first-order chi connectivity index (χ1) is 6.77. The topological polar surface area (TPSA) is 29.5 Å². The third-order valence-corrected chi connectivity index (χ3v) is 2.65. The van der Waals surface area contributed by atoms with Crippen LogP contribution in [0.2, 0.25) is 0 Å². The van der Waals surface area contributed by atoms with Gasteiger partial charge in [-0.25, -0.2) is 0 Å². The number of likely N-dealkylation sites (tertiary alicyclic amines) is 1. The zero-order valence-corrected chi connectivity index (χ0v) is 8.67. The summed E-state index contributed by atoms with van der Waals surface area (Å²) in [7, 11) is 1.42. The van der Waals surface area contributed by atoms with Crippen LogP contribution in [-0.4, -0.2) is 44.3 Å². The van der Waals surface area contributed by atoms with E-state index in [9.17, 15) is 9.18 Å². The van der Waals surface area contributed by atoms with Crippen molar-refractivity contribution in [3.8, 4) is 0 Å². The van der Waals surface area contributed by atoms with E-state index in [1.54, 1.807) is 0 Å². The molecular formula is C10H18FNO2. The Hall–Kier alpha value is -0.640. The lowest BCUT2D eigenvalue weighted by Gasteiger charge is -2.30. The van der Waals surface area contributed by atoms with Crippen LogP contribution < -0.4 is 0 Å². The van der Waals surface area contributed by atoms with Crippen LogP contribution in [0.1, 0.15) is 19.3 Å². The minimum Gasteiger partial charge on any atom is -0.469 e. The van der Waals surface area contributed by atoms with Gasteiger partial charge in [0.1, 0.15) is 0 Å². The Labute approximate surface area is 84.2 Å². The summed E-state index contributed by atoms with van der Waals surface area (Å²) >= 11 is 0. The van der Waals surface area contributed by atoms with Crippen LogP contribution >= 0.6 is 0 Å². The molecule has 0 unspecified atom stereocenters. The van der Waals surface area contributed by atoms with Crippen LogP contribution in [0.4, 0.5) is 4.39 Å². The Morgan fingerprint density at radius 2 is 2.43 bits per heavy atom. The van der Waals surface area contributed by atoms with Crippen LogP contribution in [-0.2, 0) is 9.53 Å². The van der Waals surface area contributed by atoms with E-state index >= 15 is 0 Å². The number of ether oxygens (including phenoxy) is 1. The number of carbonyl (C=O) groups is 1. The van der Waals surface area contributed by atoms with Gasteiger partial charge in [-0.2, -0.15) is 0 Å². The Kier molecular flexibility index (Phi) is 4.87. The smallest absolute Gasteiger partial charge is 0.309 e. The van der Waals surface area contributed by atoms with Gasteiger partial charge in [0, 0.05) is 13.1 Å². The molecule has 1 rings (SSSR count). The van der Waals surface area contributed by atoms with Crippen LogP contribution in [0, 0.1) is 5.92 Å². The highest BCUT2D eigenvalue weighted by Gasteiger charge is 2.25. The number of halogens is 1. The van der Waals surface area contributed by atoms with Crippen molar-refractivity contribution in [2.45, 2.75) is 19.3 Å². The first kappa shape index (κ1) is 11.4. The zero-order chi connectivity index (χ0) is 10.4. The number of nitrogens with zero attached hydrogens (tertiary/aromatic N) is 1. The fourth-order valence-electron chi connectivity index (χ4n) is 1.90. The molecule has 0 aliphatic carbocycles. The quantitative estimate of drug-likeness (QED) is 0.644. The van der Waals surface area contributed by atoms with Gasteiger partial charge in [0.25, 0.3) is 0 Å². The number of hydrogen-bond acceptors (Lipinski definition) is 3. The van der Waals surface area contributed by atoms with Crippen molar-refractivity contribution >= 4 is 5.97 Å². The molecule has 1 aliphatic rings. The molecule has 3 nitrogen and oxygen atoms in total. The molecular weight excluding hydrogens is 185 g/mol. The molecule has 4 heteroatoms. The third-order valence-electron chi connectivity index (χ3n) is 2.65. The molecule has 0 radical (unpaired) electrons. The number of methoxy groups -OCH3 is 1. The Balaban J connectivity index is 2.31. The van der Waals surface area contributed by atoms with E-state index in [4.69, 9.17) is 4.74 Å². The molecule has 1 saturated heterocycles. The lowest BCUT2D eigenvalue weighted by atomic mass is 9.98. The molecule has 0 aromatic heterocycles. The van der Waals surface area contributed by atoms with E-state index in [0.717, 1.165) is 32.5 Å². The average Bonchev–Trinajstić information content (AvgIpc) is 2.25. The molecule has 1 fully saturated rings. The second-order valence-electron chi connectivity index (χ2n) is 3.71. The highest BCUT2D eigenvalue weighted by Crippen LogP contribution is 2.17. The van der Waals surface area contributed by atoms with Crippen molar-refractivity contribution in [3.05, 3.63) is 0 Å². The summed E-state index contributed by atoms with van der Waals surface area (Å²) in [6, 6.07) is 0. The molecule has 0 aromatic carbocycles. The standard InChI is InChI=1S/C10H18FNO2/c1-14-10(13)9-4-2-6-12(8-9)7-3-5-11/h9H,2-8H2,1H3/t9-/m0/s1. The van der Waals surface area contributed by atoms with Crippen molar-refractivity contribution in [2.75, 3.05) is 33.4 Å². The first-order valence-electron chi connectivity index (χ1n) is 5.14. The maximum absolute atomic E-state index is 12.0. The fourth-order valence-corrected chi connectivity index (χ4v) is 1.90. The van der Waals surface area contributed by atoms with Crippen LogP contribution in [0.5, 0.6) is 0 Å². The van der Waals surface area contributed by atoms with Gasteiger partial charge in [-0.3, -0.25) is 9.18 Å². The molecule has 1 atom stereocenters. The van der Waals surface area contributed by atoms with Gasteiger partial charge in [0.2, 0.25) is 0 Å². The van der Waals surface area contributed by atoms with Crippen molar-refractivity contribution in [2.24, 2.45) is 5.92 Å². The lowest BCUT2D eigenvalue weighted by Crippen LogP contribution is -2.39. The summed E-state index contributed by atoms with van der Waals surface area (Å²) in [5.41, 5.74) is 0. The normalized spacial score (nSPS) is 23.4. The Bertz CT molecular complexity index is 187. The van der Waals surface area contributed by atoms with E-state index in [1.165, 1.54) is 7.11 Å². The second kappa shape index (κ2) is 5.96. The summed E-state index contributed by atoms with van der Waals surface area (Å²) in [6.45, 7) is 2.18. The molecule has 1 aliphatic heterocycles. The molecule has 14 heavy (non-hydrogen) atoms. The van der Waals surface area contributed by atoms with Crippen LogP contribution in [0.15, 0.2) is 0 Å². The van der Waals surface area contributed by atoms with Crippen molar-refractivity contribution in [3.63, 3.8) is 0 Å². The molecule has 0 aromatic rings. The summed E-state index contributed by atoms with van der Waals surface area (Å²) in [6.07, 6.45) is 2.47. The molecule has 0 amide bonds. The number of hydrogen-bond donors (Lipinski definition) is 0. The minimum atomic E-state index is -0.278. The number of esters is 1. The van der Waals surface area contributed by atoms with Crippen molar-refractivity contribution in [1.29, 1.82) is 0 Å². The second-order valence-corrected chi connectivity index (χ2v) is 3.71. The number of carbonyl (C=O) groups excluding carboxylic acids is 1. The van der Waals surface area contributed by atoms with Gasteiger partial charge in [0.05, 0.1) is 19.7 Å². The van der Waals surface area contributed by atoms with Crippen molar-refractivity contribution in [1.82, 2.24) is 4.90 Å². The van der Waals surface area contributed by atoms with Crippen LogP contribution in [0.3, 0.4) is 0 Å². The summed E-state index contributed by atoms with van der Waals surface area (Å²) in [4.78, 5) is 13.4. The fraction of sp³-hybridized carbons (Fsp3) is 0.900. The largest absolute Gasteiger partial charge is 0.469 e. The number of rotatable bonds is 4. The number of alkyl halides is 1. The van der Waals surface area contributed by atoms with Gasteiger partial charge in [-0.1, -0.05) is 0 Å². The number of piperidine rings is 1. The van der Waals surface area contributed by atoms with Gasteiger partial charge < -0.3 is 9.64 Å². The lowest BCUT2D eigenvalue weighted by molar-refractivity contribution is -0.147. The molecule has 82 valence electrons. The maximum Gasteiger partial charge on any atom is 0.309 e. The Morgan fingerprint density at radius 1 is 1.64 bits per heavy atom. The molecule has 1 heterocycles. The highest BCUT2D eigenvalue weighted by atomic mass is 19.1. The highest BCUT2D eigenvalue weighted by molar-refractivity contribution is 5.72.